The summed E-state index contributed by atoms with van der Waals surface area (Å²) >= 11 is 0. The van der Waals surface area contributed by atoms with Crippen LogP contribution in [0.15, 0.2) is 57.9 Å². The Hall–Kier alpha value is -3.93. The maximum Gasteiger partial charge on any atom is 0.471 e. The molecule has 1 aromatic carbocycles. The van der Waals surface area contributed by atoms with Gasteiger partial charge in [-0.3, -0.25) is 9.82 Å². The number of amides is 1. The molecule has 0 fully saturated rings. The van der Waals surface area contributed by atoms with E-state index in [2.05, 4.69) is 19.6 Å². The molecule has 9 nitrogen and oxygen atoms in total. The fraction of sp³-hybridized carbons (Fsp3) is 0.200. The van der Waals surface area contributed by atoms with Crippen molar-refractivity contribution in [3.63, 3.8) is 0 Å². The van der Waals surface area contributed by atoms with Crippen molar-refractivity contribution in [3.8, 4) is 11.4 Å². The summed E-state index contributed by atoms with van der Waals surface area (Å²) in [5.74, 6) is -1.63. The molecule has 0 N–H and O–H groups in total. The summed E-state index contributed by atoms with van der Waals surface area (Å²) in [4.78, 5) is 24.9. The molecule has 166 valence electrons. The van der Waals surface area contributed by atoms with Gasteiger partial charge in [0.15, 0.2) is 0 Å². The quantitative estimate of drug-likeness (QED) is 0.395. The molecule has 1 amide bonds. The number of hydroxylamine groups is 2. The van der Waals surface area contributed by atoms with Gasteiger partial charge in [0.05, 0.1) is 25.5 Å². The van der Waals surface area contributed by atoms with Crippen LogP contribution < -0.4 is 0 Å². The lowest BCUT2D eigenvalue weighted by Crippen LogP contribution is -2.30. The van der Waals surface area contributed by atoms with Gasteiger partial charge in [-0.25, -0.2) is 4.79 Å². The molecule has 0 radical (unpaired) electrons. The first kappa shape index (κ1) is 21.3. The van der Waals surface area contributed by atoms with Crippen molar-refractivity contribution >= 4 is 17.1 Å². The molecule has 12 heteroatoms. The third-order valence-corrected chi connectivity index (χ3v) is 4.41. The Bertz CT molecular complexity index is 1220. The van der Waals surface area contributed by atoms with E-state index in [1.54, 1.807) is 24.4 Å². The number of benzene rings is 1. The van der Waals surface area contributed by atoms with Gasteiger partial charge in [0.2, 0.25) is 5.82 Å². The minimum atomic E-state index is -4.72. The Kier molecular flexibility index (Phi) is 5.77. The number of alkyl halides is 3. The molecule has 0 bridgehead atoms. The molecule has 4 rings (SSSR count). The van der Waals surface area contributed by atoms with Crippen LogP contribution in [0.5, 0.6) is 0 Å². The van der Waals surface area contributed by atoms with E-state index in [9.17, 15) is 18.0 Å². The summed E-state index contributed by atoms with van der Waals surface area (Å²) in [6.07, 6.45) is -0.775. The lowest BCUT2D eigenvalue weighted by molar-refractivity contribution is -0.159. The van der Waals surface area contributed by atoms with Crippen molar-refractivity contribution in [3.05, 3.63) is 66.0 Å². The predicted molar refractivity (Wildman–Crippen MR) is 101 cm³/mol. The van der Waals surface area contributed by atoms with Crippen molar-refractivity contribution in [2.24, 2.45) is 0 Å². The highest BCUT2D eigenvalue weighted by Gasteiger charge is 2.38. The maximum atomic E-state index is 12.6. The number of carbonyl (C=O) groups is 1. The molecule has 0 saturated carbocycles. The van der Waals surface area contributed by atoms with Gasteiger partial charge in [-0.15, -0.1) is 0 Å². The summed E-state index contributed by atoms with van der Waals surface area (Å²) in [5.41, 5.74) is 2.11. The monoisotopic (exact) mass is 448 g/mol. The van der Waals surface area contributed by atoms with Crippen LogP contribution >= 0.6 is 0 Å². The van der Waals surface area contributed by atoms with Crippen molar-refractivity contribution < 1.29 is 36.5 Å². The molecule has 0 aliphatic heterocycles. The molecule has 0 aliphatic rings. The Morgan fingerprint density at radius 1 is 1.16 bits per heavy atom. The van der Waals surface area contributed by atoms with E-state index in [0.29, 0.717) is 22.3 Å². The number of fused-ring (bicyclic) bond motifs is 1. The van der Waals surface area contributed by atoms with Crippen LogP contribution in [0.1, 0.15) is 17.0 Å². The first-order valence-corrected chi connectivity index (χ1v) is 9.14. The van der Waals surface area contributed by atoms with Crippen molar-refractivity contribution in [2.75, 3.05) is 7.11 Å². The molecule has 3 aromatic heterocycles. The molecule has 0 saturated heterocycles. The fourth-order valence-electron chi connectivity index (χ4n) is 2.85. The predicted octanol–water partition coefficient (Wildman–Crippen LogP) is 4.60. The lowest BCUT2D eigenvalue weighted by Gasteiger charge is -2.19. The zero-order valence-electron chi connectivity index (χ0n) is 16.5. The maximum absolute atomic E-state index is 12.6. The summed E-state index contributed by atoms with van der Waals surface area (Å²) < 4.78 is 52.7. The van der Waals surface area contributed by atoms with Gasteiger partial charge in [0.1, 0.15) is 12.2 Å². The standard InChI is InChI=1S/C20H15F3N4O5/c1-29-27(19(28)31-11-15-9-24-8-14-6-7-30-16(14)15)10-12-2-4-13(5-3-12)17-25-18(32-26-17)20(21,22)23/h2-9H,10-11H2,1H3. The van der Waals surface area contributed by atoms with Gasteiger partial charge in [-0.2, -0.15) is 23.2 Å². The van der Waals surface area contributed by atoms with E-state index >= 15 is 0 Å². The van der Waals surface area contributed by atoms with E-state index in [4.69, 9.17) is 14.0 Å². The number of halogens is 3. The SMILES string of the molecule is CON(Cc1ccc(-c2noc(C(F)(F)F)n2)cc1)C(=O)OCc1cncc2ccoc12. The Balaban J connectivity index is 1.39. The van der Waals surface area contributed by atoms with Crippen LogP contribution in [0.3, 0.4) is 0 Å². The Labute approximate surface area is 178 Å². The highest BCUT2D eigenvalue weighted by Crippen LogP contribution is 2.29. The number of nitrogens with zero attached hydrogens (tertiary/aromatic N) is 4. The van der Waals surface area contributed by atoms with Crippen LogP contribution in [-0.2, 0) is 28.9 Å². The van der Waals surface area contributed by atoms with E-state index in [1.807, 2.05) is 0 Å². The first-order valence-electron chi connectivity index (χ1n) is 9.14. The second kappa shape index (κ2) is 8.67. The smallest absolute Gasteiger partial charge is 0.464 e. The normalized spacial score (nSPS) is 11.6. The van der Waals surface area contributed by atoms with Crippen LogP contribution in [-0.4, -0.2) is 33.4 Å². The Morgan fingerprint density at radius 3 is 2.62 bits per heavy atom. The molecule has 0 unspecified atom stereocenters. The molecular weight excluding hydrogens is 433 g/mol. The number of ether oxygens (including phenoxy) is 1. The van der Waals surface area contributed by atoms with Crippen molar-refractivity contribution in [1.82, 2.24) is 20.2 Å². The third-order valence-electron chi connectivity index (χ3n) is 4.41. The van der Waals surface area contributed by atoms with E-state index < -0.39 is 18.2 Å². The summed E-state index contributed by atoms with van der Waals surface area (Å²) in [7, 11) is 1.31. The number of rotatable bonds is 6. The number of furan rings is 1. The lowest BCUT2D eigenvalue weighted by atomic mass is 10.1. The average Bonchev–Trinajstić information content (AvgIpc) is 3.46. The topological polar surface area (TPSA) is 104 Å². The number of aromatic nitrogens is 3. The third kappa shape index (κ3) is 4.54. The molecule has 3 heterocycles. The minimum absolute atomic E-state index is 0.0266. The van der Waals surface area contributed by atoms with E-state index in [-0.39, 0.29) is 19.0 Å². The number of hydrogen-bond donors (Lipinski definition) is 0. The van der Waals surface area contributed by atoms with E-state index in [1.165, 1.54) is 31.7 Å². The molecule has 0 atom stereocenters. The number of hydrogen-bond acceptors (Lipinski definition) is 8. The summed E-state index contributed by atoms with van der Waals surface area (Å²) in [6.45, 7) is -0.0479. The Morgan fingerprint density at radius 2 is 1.94 bits per heavy atom. The molecule has 0 spiro atoms. The van der Waals surface area contributed by atoms with Crippen molar-refractivity contribution in [1.29, 1.82) is 0 Å². The van der Waals surface area contributed by atoms with Gasteiger partial charge in [-0.1, -0.05) is 29.4 Å². The molecule has 4 aromatic rings. The number of pyridine rings is 1. The molecular formula is C20H15F3N4O5. The van der Waals surface area contributed by atoms with Crippen LogP contribution in [0.2, 0.25) is 0 Å². The molecule has 0 aliphatic carbocycles. The highest BCUT2D eigenvalue weighted by molar-refractivity contribution is 5.79. The molecule has 32 heavy (non-hydrogen) atoms. The van der Waals surface area contributed by atoms with Crippen LogP contribution in [0, 0.1) is 0 Å². The largest absolute Gasteiger partial charge is 0.471 e. The van der Waals surface area contributed by atoms with Gasteiger partial charge >= 0.3 is 18.2 Å². The minimum Gasteiger partial charge on any atom is -0.464 e. The van der Waals surface area contributed by atoms with Gasteiger partial charge in [0.25, 0.3) is 0 Å². The van der Waals surface area contributed by atoms with Crippen LogP contribution in [0.25, 0.3) is 22.4 Å². The van der Waals surface area contributed by atoms with Crippen molar-refractivity contribution in [2.45, 2.75) is 19.3 Å². The van der Waals surface area contributed by atoms with Gasteiger partial charge in [-0.05, 0) is 11.6 Å². The average molecular weight is 448 g/mol. The first-order chi connectivity index (χ1) is 15.3. The summed E-state index contributed by atoms with van der Waals surface area (Å²) in [6, 6.07) is 7.93. The second-order valence-corrected chi connectivity index (χ2v) is 6.53. The number of carbonyl (C=O) groups excluding carboxylic acids is 1. The van der Waals surface area contributed by atoms with Gasteiger partial charge < -0.3 is 13.7 Å². The summed E-state index contributed by atoms with van der Waals surface area (Å²) in [5, 5.41) is 5.10. The van der Waals surface area contributed by atoms with Gasteiger partial charge in [0, 0.05) is 23.3 Å². The zero-order valence-corrected chi connectivity index (χ0v) is 16.5. The second-order valence-electron chi connectivity index (χ2n) is 6.53. The highest BCUT2D eigenvalue weighted by atomic mass is 19.4. The van der Waals surface area contributed by atoms with Crippen LogP contribution in [0.4, 0.5) is 18.0 Å². The fourth-order valence-corrected chi connectivity index (χ4v) is 2.85. The zero-order chi connectivity index (χ0) is 22.7. The van der Waals surface area contributed by atoms with E-state index in [0.717, 1.165) is 10.4 Å².